The molecule has 2 aromatic carbocycles. The topological polar surface area (TPSA) is 47.9 Å². The van der Waals surface area contributed by atoms with Gasteiger partial charge in [0.15, 0.2) is 0 Å². The molecule has 0 aliphatic carbocycles. The maximum Gasteiger partial charge on any atom is 0.311 e. The van der Waals surface area contributed by atoms with E-state index in [0.717, 1.165) is 29.8 Å². The van der Waals surface area contributed by atoms with Crippen LogP contribution in [0.15, 0.2) is 53.5 Å². The van der Waals surface area contributed by atoms with Crippen molar-refractivity contribution in [3.8, 4) is 11.5 Å². The Morgan fingerprint density at radius 3 is 1.64 bits per heavy atom. The lowest BCUT2D eigenvalue weighted by Crippen LogP contribution is -2.07. The molecule has 0 N–H and O–H groups in total. The SMILES string of the molecule is CCCCCCCCCCCCCCCCCC(=O)Oc1ccc(/N=C/c2ccc(OC)cc2)cc1. The molecule has 2 rings (SSSR count). The van der Waals surface area contributed by atoms with Crippen LogP contribution in [0.3, 0.4) is 0 Å². The highest BCUT2D eigenvalue weighted by Crippen LogP contribution is 2.20. The summed E-state index contributed by atoms with van der Waals surface area (Å²) in [6.45, 7) is 2.28. The molecule has 0 saturated heterocycles. The van der Waals surface area contributed by atoms with E-state index in [1.54, 1.807) is 25.5 Å². The molecule has 0 fully saturated rings. The highest BCUT2D eigenvalue weighted by molar-refractivity contribution is 5.82. The van der Waals surface area contributed by atoms with Crippen LogP contribution in [0, 0.1) is 0 Å². The quantitative estimate of drug-likeness (QED) is 0.0798. The van der Waals surface area contributed by atoms with Crippen molar-refractivity contribution < 1.29 is 14.3 Å². The van der Waals surface area contributed by atoms with E-state index in [4.69, 9.17) is 9.47 Å². The molecule has 4 nitrogen and oxygen atoms in total. The van der Waals surface area contributed by atoms with Gasteiger partial charge in [0.05, 0.1) is 12.8 Å². The minimum atomic E-state index is -0.154. The first-order valence-corrected chi connectivity index (χ1v) is 14.2. The van der Waals surface area contributed by atoms with E-state index in [0.29, 0.717) is 12.2 Å². The van der Waals surface area contributed by atoms with Gasteiger partial charge in [-0.1, -0.05) is 96.8 Å². The second kappa shape index (κ2) is 19.6. The second-order valence-electron chi connectivity index (χ2n) is 9.70. The Morgan fingerprint density at radius 2 is 1.14 bits per heavy atom. The van der Waals surface area contributed by atoms with Gasteiger partial charge in [-0.25, -0.2) is 0 Å². The molecule has 0 aliphatic rings. The maximum absolute atomic E-state index is 12.1. The summed E-state index contributed by atoms with van der Waals surface area (Å²) < 4.78 is 10.6. The van der Waals surface area contributed by atoms with Crippen molar-refractivity contribution in [1.82, 2.24) is 0 Å². The van der Waals surface area contributed by atoms with Crippen molar-refractivity contribution in [1.29, 1.82) is 0 Å². The average molecular weight is 494 g/mol. The van der Waals surface area contributed by atoms with Gasteiger partial charge in [-0.15, -0.1) is 0 Å². The third kappa shape index (κ3) is 14.1. The molecule has 0 spiro atoms. The van der Waals surface area contributed by atoms with E-state index < -0.39 is 0 Å². The molecule has 0 unspecified atom stereocenters. The summed E-state index contributed by atoms with van der Waals surface area (Å²) in [7, 11) is 1.65. The third-order valence-electron chi connectivity index (χ3n) is 6.53. The lowest BCUT2D eigenvalue weighted by Gasteiger charge is -2.05. The summed E-state index contributed by atoms with van der Waals surface area (Å²) >= 11 is 0. The summed E-state index contributed by atoms with van der Waals surface area (Å²) in [4.78, 5) is 16.6. The minimum absolute atomic E-state index is 0.154. The van der Waals surface area contributed by atoms with Gasteiger partial charge in [0.25, 0.3) is 0 Å². The smallest absolute Gasteiger partial charge is 0.311 e. The predicted molar refractivity (Wildman–Crippen MR) is 152 cm³/mol. The zero-order valence-electron chi connectivity index (χ0n) is 22.7. The number of ether oxygens (including phenoxy) is 2. The number of esters is 1. The van der Waals surface area contributed by atoms with Crippen LogP contribution in [0.4, 0.5) is 5.69 Å². The fourth-order valence-electron chi connectivity index (χ4n) is 4.26. The van der Waals surface area contributed by atoms with Gasteiger partial charge in [0.1, 0.15) is 11.5 Å². The van der Waals surface area contributed by atoms with Crippen molar-refractivity contribution in [2.75, 3.05) is 7.11 Å². The van der Waals surface area contributed by atoms with Crippen molar-refractivity contribution >= 4 is 17.9 Å². The van der Waals surface area contributed by atoms with Gasteiger partial charge in [-0.05, 0) is 60.5 Å². The molecule has 0 radical (unpaired) electrons. The van der Waals surface area contributed by atoms with Crippen molar-refractivity contribution in [2.24, 2.45) is 4.99 Å². The van der Waals surface area contributed by atoms with Gasteiger partial charge in [-0.3, -0.25) is 9.79 Å². The number of carbonyl (C=O) groups is 1. The van der Waals surface area contributed by atoms with Gasteiger partial charge in [0.2, 0.25) is 0 Å². The third-order valence-corrected chi connectivity index (χ3v) is 6.53. The number of rotatable bonds is 20. The first-order valence-electron chi connectivity index (χ1n) is 14.2. The molecule has 0 aliphatic heterocycles. The molecule has 0 aromatic heterocycles. The normalized spacial score (nSPS) is 11.2. The van der Waals surface area contributed by atoms with Crippen molar-refractivity contribution in [3.63, 3.8) is 0 Å². The Morgan fingerprint density at radius 1 is 0.667 bits per heavy atom. The Balaban J connectivity index is 1.46. The van der Waals surface area contributed by atoms with Gasteiger partial charge in [0, 0.05) is 12.6 Å². The number of hydrogen-bond acceptors (Lipinski definition) is 4. The molecule has 0 amide bonds. The van der Waals surface area contributed by atoms with E-state index in [9.17, 15) is 4.79 Å². The Bertz CT molecular complexity index is 843. The minimum Gasteiger partial charge on any atom is -0.497 e. The molecule has 0 bridgehead atoms. The van der Waals surface area contributed by atoms with E-state index in [1.807, 2.05) is 36.4 Å². The first kappa shape index (κ1) is 29.6. The summed E-state index contributed by atoms with van der Waals surface area (Å²) in [6, 6.07) is 15.0. The molecule has 0 atom stereocenters. The molecule has 0 heterocycles. The highest BCUT2D eigenvalue weighted by Gasteiger charge is 2.05. The van der Waals surface area contributed by atoms with Crippen LogP contribution in [-0.4, -0.2) is 19.3 Å². The molecule has 198 valence electrons. The van der Waals surface area contributed by atoms with Crippen molar-refractivity contribution in [3.05, 3.63) is 54.1 Å². The predicted octanol–water partition coefficient (Wildman–Crippen LogP) is 9.61. The molecular weight excluding hydrogens is 446 g/mol. The fraction of sp³-hybridized carbons (Fsp3) is 0.562. The summed E-state index contributed by atoms with van der Waals surface area (Å²) in [6.07, 6.45) is 22.1. The Kier molecular flexibility index (Phi) is 16.1. The largest absolute Gasteiger partial charge is 0.497 e. The molecule has 36 heavy (non-hydrogen) atoms. The van der Waals surface area contributed by atoms with Crippen LogP contribution >= 0.6 is 0 Å². The van der Waals surface area contributed by atoms with Crippen molar-refractivity contribution in [2.45, 2.75) is 110 Å². The molecule has 2 aromatic rings. The number of nitrogens with zero attached hydrogens (tertiary/aromatic N) is 1. The van der Waals surface area contributed by atoms with Crippen LogP contribution in [-0.2, 0) is 4.79 Å². The lowest BCUT2D eigenvalue weighted by molar-refractivity contribution is -0.134. The van der Waals surface area contributed by atoms with Crippen LogP contribution < -0.4 is 9.47 Å². The Labute approximate surface area is 219 Å². The van der Waals surface area contributed by atoms with Gasteiger partial charge < -0.3 is 9.47 Å². The zero-order valence-corrected chi connectivity index (χ0v) is 22.7. The van der Waals surface area contributed by atoms with Crippen LogP contribution in [0.25, 0.3) is 0 Å². The van der Waals surface area contributed by atoms with E-state index in [1.165, 1.54) is 83.5 Å². The van der Waals surface area contributed by atoms with E-state index in [2.05, 4.69) is 11.9 Å². The summed E-state index contributed by atoms with van der Waals surface area (Å²) in [5, 5.41) is 0. The zero-order chi connectivity index (χ0) is 25.7. The standard InChI is InChI=1S/C32H47NO3/c1-3-4-5-6-7-8-9-10-11-12-13-14-15-16-17-18-32(34)36-31-25-21-29(22-26-31)33-27-28-19-23-30(35-2)24-20-28/h19-27H,3-18H2,1-2H3/b33-27+. The summed E-state index contributed by atoms with van der Waals surface area (Å²) in [5.41, 5.74) is 1.81. The van der Waals surface area contributed by atoms with Gasteiger partial charge >= 0.3 is 5.97 Å². The monoisotopic (exact) mass is 493 g/mol. The van der Waals surface area contributed by atoms with E-state index >= 15 is 0 Å². The van der Waals surface area contributed by atoms with E-state index in [-0.39, 0.29) is 5.97 Å². The molecule has 4 heteroatoms. The summed E-state index contributed by atoms with van der Waals surface area (Å²) in [5.74, 6) is 1.24. The lowest BCUT2D eigenvalue weighted by atomic mass is 10.0. The van der Waals surface area contributed by atoms with Gasteiger partial charge in [-0.2, -0.15) is 0 Å². The molecule has 0 saturated carbocycles. The highest BCUT2D eigenvalue weighted by atomic mass is 16.5. The number of aliphatic imine (C=N–C) groups is 1. The maximum atomic E-state index is 12.1. The Hall–Kier alpha value is -2.62. The number of hydrogen-bond donors (Lipinski definition) is 0. The first-order chi connectivity index (χ1) is 17.7. The number of unbranched alkanes of at least 4 members (excludes halogenated alkanes) is 14. The van der Waals surface area contributed by atoms with Crippen LogP contribution in [0.1, 0.15) is 115 Å². The number of methoxy groups -OCH3 is 1. The van der Waals surface area contributed by atoms with Crippen LogP contribution in [0.2, 0.25) is 0 Å². The number of benzene rings is 2. The number of carbonyl (C=O) groups excluding carboxylic acids is 1. The average Bonchev–Trinajstić information content (AvgIpc) is 2.90. The second-order valence-corrected chi connectivity index (χ2v) is 9.70. The fourth-order valence-corrected chi connectivity index (χ4v) is 4.26. The van der Waals surface area contributed by atoms with Crippen LogP contribution in [0.5, 0.6) is 11.5 Å². The molecular formula is C32H47NO3.